The minimum Gasteiger partial charge on any atom is -0.397 e. The summed E-state index contributed by atoms with van der Waals surface area (Å²) in [6.45, 7) is 0. The van der Waals surface area contributed by atoms with Crippen LogP contribution in [0.15, 0.2) is 36.4 Å². The summed E-state index contributed by atoms with van der Waals surface area (Å²) in [6, 6.07) is 7.99. The third kappa shape index (κ3) is 2.66. The van der Waals surface area contributed by atoms with Crippen molar-refractivity contribution in [3.05, 3.63) is 58.6 Å². The summed E-state index contributed by atoms with van der Waals surface area (Å²) in [4.78, 5) is 11.9. The molecule has 0 atom stereocenters. The van der Waals surface area contributed by atoms with Gasteiger partial charge in [0.25, 0.3) is 5.91 Å². The first-order chi connectivity index (χ1) is 9.00. The van der Waals surface area contributed by atoms with E-state index >= 15 is 0 Å². The standard InChI is InChI=1S/C13H9ClF2N2O/c14-8-4-1-3-7(12(8)17)13(19)18-10-6-2-5-9(15)11(10)16/h1-6H,17H2,(H,18,19). The lowest BCUT2D eigenvalue weighted by Gasteiger charge is -2.09. The SMILES string of the molecule is Nc1c(Cl)cccc1C(=O)Nc1cccc(F)c1F. The summed E-state index contributed by atoms with van der Waals surface area (Å²) in [5.74, 6) is -2.84. The average molecular weight is 283 g/mol. The van der Waals surface area contributed by atoms with Crippen LogP contribution in [0.3, 0.4) is 0 Å². The van der Waals surface area contributed by atoms with Crippen molar-refractivity contribution in [1.29, 1.82) is 0 Å². The van der Waals surface area contributed by atoms with Crippen molar-refractivity contribution in [1.82, 2.24) is 0 Å². The molecule has 0 radical (unpaired) electrons. The molecule has 19 heavy (non-hydrogen) atoms. The molecule has 1 amide bonds. The molecule has 3 nitrogen and oxygen atoms in total. The Balaban J connectivity index is 2.31. The van der Waals surface area contributed by atoms with E-state index in [2.05, 4.69) is 5.32 Å². The highest BCUT2D eigenvalue weighted by Crippen LogP contribution is 2.24. The number of benzene rings is 2. The number of anilines is 2. The molecule has 0 bridgehead atoms. The molecule has 0 unspecified atom stereocenters. The molecule has 0 heterocycles. The van der Waals surface area contributed by atoms with Crippen molar-refractivity contribution in [3.8, 4) is 0 Å². The van der Waals surface area contributed by atoms with Gasteiger partial charge in [0.05, 0.1) is 22.0 Å². The number of para-hydroxylation sites is 1. The maximum atomic E-state index is 13.4. The van der Waals surface area contributed by atoms with E-state index in [4.69, 9.17) is 17.3 Å². The average Bonchev–Trinajstić information content (AvgIpc) is 2.38. The van der Waals surface area contributed by atoms with Gasteiger partial charge in [0.1, 0.15) is 0 Å². The first kappa shape index (κ1) is 13.3. The maximum absolute atomic E-state index is 13.4. The number of carbonyl (C=O) groups is 1. The molecule has 2 aromatic carbocycles. The third-order valence-electron chi connectivity index (χ3n) is 2.50. The minimum atomic E-state index is -1.13. The van der Waals surface area contributed by atoms with Crippen molar-refractivity contribution < 1.29 is 13.6 Å². The molecule has 0 aliphatic heterocycles. The van der Waals surface area contributed by atoms with Crippen molar-refractivity contribution in [2.75, 3.05) is 11.1 Å². The molecular weight excluding hydrogens is 274 g/mol. The molecule has 3 N–H and O–H groups in total. The number of halogens is 3. The zero-order chi connectivity index (χ0) is 14.0. The summed E-state index contributed by atoms with van der Waals surface area (Å²) < 4.78 is 26.4. The predicted octanol–water partition coefficient (Wildman–Crippen LogP) is 3.45. The maximum Gasteiger partial charge on any atom is 0.257 e. The molecule has 6 heteroatoms. The molecular formula is C13H9ClF2N2O. The second-order valence-electron chi connectivity index (χ2n) is 3.76. The summed E-state index contributed by atoms with van der Waals surface area (Å²) in [7, 11) is 0. The highest BCUT2D eigenvalue weighted by molar-refractivity contribution is 6.34. The van der Waals surface area contributed by atoms with Gasteiger partial charge in [-0.2, -0.15) is 0 Å². The predicted molar refractivity (Wildman–Crippen MR) is 70.2 cm³/mol. The molecule has 0 aromatic heterocycles. The van der Waals surface area contributed by atoms with E-state index in [1.165, 1.54) is 30.3 Å². The van der Waals surface area contributed by atoms with Gasteiger partial charge in [-0.1, -0.05) is 23.7 Å². The van der Waals surface area contributed by atoms with Gasteiger partial charge >= 0.3 is 0 Å². The van der Waals surface area contributed by atoms with Gasteiger partial charge in [0.15, 0.2) is 11.6 Å². The van der Waals surface area contributed by atoms with Crippen LogP contribution in [0, 0.1) is 11.6 Å². The number of amides is 1. The molecule has 0 aliphatic carbocycles. The molecule has 0 saturated heterocycles. The largest absolute Gasteiger partial charge is 0.397 e. The fourth-order valence-corrected chi connectivity index (χ4v) is 1.70. The number of rotatable bonds is 2. The number of nitrogens with two attached hydrogens (primary N) is 1. The van der Waals surface area contributed by atoms with Crippen molar-refractivity contribution in [2.45, 2.75) is 0 Å². The smallest absolute Gasteiger partial charge is 0.257 e. The van der Waals surface area contributed by atoms with Gasteiger partial charge in [0.2, 0.25) is 0 Å². The Hall–Kier alpha value is -2.14. The number of carbonyl (C=O) groups excluding carboxylic acids is 1. The first-order valence-corrected chi connectivity index (χ1v) is 5.68. The number of hydrogen-bond acceptors (Lipinski definition) is 2. The van der Waals surface area contributed by atoms with Crippen LogP contribution >= 0.6 is 11.6 Å². The van der Waals surface area contributed by atoms with E-state index in [0.717, 1.165) is 6.07 Å². The van der Waals surface area contributed by atoms with Gasteiger partial charge in [-0.3, -0.25) is 4.79 Å². The van der Waals surface area contributed by atoms with E-state index in [0.29, 0.717) is 0 Å². The monoisotopic (exact) mass is 282 g/mol. The van der Waals surface area contributed by atoms with E-state index in [1.807, 2.05) is 0 Å². The van der Waals surface area contributed by atoms with Gasteiger partial charge in [-0.25, -0.2) is 8.78 Å². The van der Waals surface area contributed by atoms with Crippen molar-refractivity contribution in [2.24, 2.45) is 0 Å². The normalized spacial score (nSPS) is 10.3. The fraction of sp³-hybridized carbons (Fsp3) is 0. The summed E-state index contributed by atoms with van der Waals surface area (Å²) in [5.41, 5.74) is 5.56. The topological polar surface area (TPSA) is 55.1 Å². The lowest BCUT2D eigenvalue weighted by Crippen LogP contribution is -2.15. The number of nitrogen functional groups attached to an aromatic ring is 1. The van der Waals surface area contributed by atoms with Crippen LogP contribution in [-0.2, 0) is 0 Å². The summed E-state index contributed by atoms with van der Waals surface area (Å²) >= 11 is 5.78. The lowest BCUT2D eigenvalue weighted by molar-refractivity contribution is 0.102. The van der Waals surface area contributed by atoms with Crippen LogP contribution in [0.1, 0.15) is 10.4 Å². The zero-order valence-electron chi connectivity index (χ0n) is 9.58. The second-order valence-corrected chi connectivity index (χ2v) is 4.16. The Morgan fingerprint density at radius 1 is 1.16 bits per heavy atom. The summed E-state index contributed by atoms with van der Waals surface area (Å²) in [5, 5.41) is 2.46. The van der Waals surface area contributed by atoms with Crippen LogP contribution < -0.4 is 11.1 Å². The van der Waals surface area contributed by atoms with Crippen LogP contribution in [0.4, 0.5) is 20.2 Å². The number of nitrogens with one attached hydrogen (secondary N) is 1. The van der Waals surface area contributed by atoms with Crippen LogP contribution in [0.2, 0.25) is 5.02 Å². The molecule has 0 spiro atoms. The zero-order valence-corrected chi connectivity index (χ0v) is 10.3. The highest BCUT2D eigenvalue weighted by Gasteiger charge is 2.15. The van der Waals surface area contributed by atoms with Gasteiger partial charge in [-0.15, -0.1) is 0 Å². The third-order valence-corrected chi connectivity index (χ3v) is 2.83. The van der Waals surface area contributed by atoms with E-state index < -0.39 is 17.5 Å². The Labute approximate surface area is 113 Å². The van der Waals surface area contributed by atoms with E-state index in [1.54, 1.807) is 0 Å². The Morgan fingerprint density at radius 2 is 1.84 bits per heavy atom. The van der Waals surface area contributed by atoms with Crippen molar-refractivity contribution >= 4 is 28.9 Å². The fourth-order valence-electron chi connectivity index (χ4n) is 1.53. The highest BCUT2D eigenvalue weighted by atomic mass is 35.5. The molecule has 2 aromatic rings. The second kappa shape index (κ2) is 5.24. The first-order valence-electron chi connectivity index (χ1n) is 5.30. The lowest BCUT2D eigenvalue weighted by atomic mass is 10.1. The van der Waals surface area contributed by atoms with Gasteiger partial charge in [0, 0.05) is 0 Å². The van der Waals surface area contributed by atoms with Crippen LogP contribution in [0.5, 0.6) is 0 Å². The molecule has 0 saturated carbocycles. The molecule has 98 valence electrons. The van der Waals surface area contributed by atoms with Crippen molar-refractivity contribution in [3.63, 3.8) is 0 Å². The molecule has 2 rings (SSSR count). The molecule has 0 fully saturated rings. The molecule has 0 aliphatic rings. The van der Waals surface area contributed by atoms with Gasteiger partial charge < -0.3 is 11.1 Å². The van der Waals surface area contributed by atoms with Gasteiger partial charge in [-0.05, 0) is 24.3 Å². The number of hydrogen-bond donors (Lipinski definition) is 2. The Morgan fingerprint density at radius 3 is 2.58 bits per heavy atom. The Bertz CT molecular complexity index is 647. The van der Waals surface area contributed by atoms with E-state index in [9.17, 15) is 13.6 Å². The minimum absolute atomic E-state index is 0.0819. The van der Waals surface area contributed by atoms with E-state index in [-0.39, 0.29) is 22.0 Å². The van der Waals surface area contributed by atoms with Crippen LogP contribution in [0.25, 0.3) is 0 Å². The quantitative estimate of drug-likeness (QED) is 0.829. The summed E-state index contributed by atoms with van der Waals surface area (Å²) in [6.07, 6.45) is 0. The Kier molecular flexibility index (Phi) is 3.66. The van der Waals surface area contributed by atoms with Crippen LogP contribution in [-0.4, -0.2) is 5.91 Å².